The smallest absolute Gasteiger partial charge is 0.408 e. The first-order chi connectivity index (χ1) is 12.0. The van der Waals surface area contributed by atoms with Crippen molar-refractivity contribution in [1.29, 1.82) is 0 Å². The quantitative estimate of drug-likeness (QED) is 0.601. The molecule has 1 aromatic rings. The van der Waals surface area contributed by atoms with E-state index in [9.17, 15) is 14.4 Å². The van der Waals surface area contributed by atoms with Crippen molar-refractivity contribution in [2.45, 2.75) is 58.2 Å². The Morgan fingerprint density at radius 2 is 1.60 bits per heavy atom. The van der Waals surface area contributed by atoms with E-state index < -0.39 is 30.1 Å². The molecule has 0 aliphatic carbocycles. The van der Waals surface area contributed by atoms with Crippen LogP contribution in [-0.4, -0.2) is 35.2 Å². The average molecular weight is 350 g/mol. The van der Waals surface area contributed by atoms with Crippen LogP contribution in [0.15, 0.2) is 30.3 Å². The highest BCUT2D eigenvalue weighted by Crippen LogP contribution is 2.04. The number of carbonyl (C=O) groups excluding carboxylic acids is 2. The summed E-state index contributed by atoms with van der Waals surface area (Å²) in [5.41, 5.74) is 0.836. The maximum atomic E-state index is 12.3. The minimum atomic E-state index is -1.09. The van der Waals surface area contributed by atoms with Gasteiger partial charge in [0.1, 0.15) is 18.7 Å². The lowest BCUT2D eigenvalue weighted by molar-refractivity contribution is -0.142. The molecule has 2 unspecified atom stereocenters. The number of amides is 2. The average Bonchev–Trinajstić information content (AvgIpc) is 2.60. The van der Waals surface area contributed by atoms with E-state index in [0.29, 0.717) is 25.7 Å². The normalized spacial score (nSPS) is 12.7. The Kier molecular flexibility index (Phi) is 9.06. The molecule has 0 heterocycles. The largest absolute Gasteiger partial charge is 0.480 e. The first-order valence-electron chi connectivity index (χ1n) is 8.48. The Balaban J connectivity index is 2.57. The predicted octanol–water partition coefficient (Wildman–Crippen LogP) is 2.45. The molecule has 0 fully saturated rings. The third-order valence-corrected chi connectivity index (χ3v) is 3.59. The van der Waals surface area contributed by atoms with E-state index in [0.717, 1.165) is 5.56 Å². The van der Waals surface area contributed by atoms with Crippen LogP contribution >= 0.6 is 0 Å². The second-order valence-corrected chi connectivity index (χ2v) is 5.74. The number of hydrogen-bond acceptors (Lipinski definition) is 4. The monoisotopic (exact) mass is 350 g/mol. The maximum absolute atomic E-state index is 12.3. The Morgan fingerprint density at radius 1 is 1.00 bits per heavy atom. The summed E-state index contributed by atoms with van der Waals surface area (Å²) in [7, 11) is 0. The second kappa shape index (κ2) is 11.1. The van der Waals surface area contributed by atoms with Gasteiger partial charge in [0, 0.05) is 0 Å². The van der Waals surface area contributed by atoms with E-state index in [1.165, 1.54) is 0 Å². The summed E-state index contributed by atoms with van der Waals surface area (Å²) in [5, 5.41) is 14.1. The van der Waals surface area contributed by atoms with Crippen LogP contribution in [0, 0.1) is 0 Å². The number of carbonyl (C=O) groups is 3. The molecule has 2 atom stereocenters. The molecular formula is C18H26N2O5. The molecule has 138 valence electrons. The third-order valence-electron chi connectivity index (χ3n) is 3.59. The van der Waals surface area contributed by atoms with Crippen LogP contribution in [0.5, 0.6) is 0 Å². The van der Waals surface area contributed by atoms with E-state index in [2.05, 4.69) is 10.6 Å². The fourth-order valence-electron chi connectivity index (χ4n) is 2.28. The molecule has 0 radical (unpaired) electrons. The molecule has 0 aliphatic heterocycles. The molecule has 1 aromatic carbocycles. The summed E-state index contributed by atoms with van der Waals surface area (Å²) >= 11 is 0. The van der Waals surface area contributed by atoms with Gasteiger partial charge in [-0.2, -0.15) is 0 Å². The van der Waals surface area contributed by atoms with E-state index in [1.807, 2.05) is 44.2 Å². The van der Waals surface area contributed by atoms with Gasteiger partial charge >= 0.3 is 12.1 Å². The zero-order valence-electron chi connectivity index (χ0n) is 14.7. The number of rotatable bonds is 10. The number of ether oxygens (including phenoxy) is 1. The number of carboxylic acids is 1. The molecule has 0 saturated heterocycles. The van der Waals surface area contributed by atoms with Crippen molar-refractivity contribution in [3.05, 3.63) is 35.9 Å². The van der Waals surface area contributed by atoms with E-state index in [1.54, 1.807) is 0 Å². The summed E-state index contributed by atoms with van der Waals surface area (Å²) in [6, 6.07) is 7.40. The van der Waals surface area contributed by atoms with Crippen LogP contribution in [0.3, 0.4) is 0 Å². The molecule has 0 aliphatic rings. The summed E-state index contributed by atoms with van der Waals surface area (Å²) in [6.07, 6.45) is 1.30. The molecule has 3 N–H and O–H groups in total. The summed E-state index contributed by atoms with van der Waals surface area (Å²) in [5.74, 6) is -1.60. The van der Waals surface area contributed by atoms with Gasteiger partial charge in [-0.1, -0.05) is 57.0 Å². The molecule has 7 nitrogen and oxygen atoms in total. The Labute approximate surface area is 147 Å². The minimum Gasteiger partial charge on any atom is -0.480 e. The van der Waals surface area contributed by atoms with Crippen LogP contribution in [0.2, 0.25) is 0 Å². The number of carboxylic acid groups (broad SMARTS) is 1. The van der Waals surface area contributed by atoms with Gasteiger partial charge in [-0.05, 0) is 18.4 Å². The number of aliphatic carboxylic acids is 1. The molecule has 0 spiro atoms. The lowest BCUT2D eigenvalue weighted by atomic mass is 10.1. The van der Waals surface area contributed by atoms with Crippen molar-refractivity contribution in [1.82, 2.24) is 10.6 Å². The lowest BCUT2D eigenvalue weighted by Gasteiger charge is -2.20. The van der Waals surface area contributed by atoms with Crippen molar-refractivity contribution in [3.8, 4) is 0 Å². The first kappa shape index (κ1) is 20.5. The van der Waals surface area contributed by atoms with Crippen molar-refractivity contribution in [2.24, 2.45) is 0 Å². The molecule has 0 saturated carbocycles. The Bertz CT molecular complexity index is 562. The molecule has 25 heavy (non-hydrogen) atoms. The van der Waals surface area contributed by atoms with Crippen LogP contribution in [0.4, 0.5) is 4.79 Å². The van der Waals surface area contributed by atoms with E-state index in [-0.39, 0.29) is 6.61 Å². The Hall–Kier alpha value is -2.57. The highest BCUT2D eigenvalue weighted by molar-refractivity contribution is 5.89. The van der Waals surface area contributed by atoms with Crippen LogP contribution in [0.25, 0.3) is 0 Å². The SMILES string of the molecule is CCCC(NC(=O)C(CCC)NC(=O)OCc1ccccc1)C(=O)O. The molecule has 0 aromatic heterocycles. The van der Waals surface area contributed by atoms with Gasteiger partial charge in [0.25, 0.3) is 0 Å². The van der Waals surface area contributed by atoms with Gasteiger partial charge in [-0.15, -0.1) is 0 Å². The zero-order chi connectivity index (χ0) is 18.7. The van der Waals surface area contributed by atoms with E-state index in [4.69, 9.17) is 9.84 Å². The van der Waals surface area contributed by atoms with Crippen molar-refractivity contribution in [3.63, 3.8) is 0 Å². The van der Waals surface area contributed by atoms with Crippen LogP contribution in [0.1, 0.15) is 45.1 Å². The van der Waals surface area contributed by atoms with Gasteiger partial charge in [0.15, 0.2) is 0 Å². The summed E-state index contributed by atoms with van der Waals surface area (Å²) in [6.45, 7) is 3.81. The molecule has 7 heteroatoms. The molecule has 1 rings (SSSR count). The topological polar surface area (TPSA) is 105 Å². The molecule has 0 bridgehead atoms. The number of alkyl carbamates (subject to hydrolysis) is 1. The van der Waals surface area contributed by atoms with Crippen molar-refractivity contribution >= 4 is 18.0 Å². The van der Waals surface area contributed by atoms with Gasteiger partial charge in [0.2, 0.25) is 5.91 Å². The third kappa shape index (κ3) is 7.69. The predicted molar refractivity (Wildman–Crippen MR) is 92.9 cm³/mol. The van der Waals surface area contributed by atoms with Gasteiger partial charge in [0.05, 0.1) is 0 Å². The standard InChI is InChI=1S/C18H26N2O5/c1-3-8-14(16(21)19-15(9-4-2)17(22)23)20-18(24)25-12-13-10-6-5-7-11-13/h5-7,10-11,14-15H,3-4,8-9,12H2,1-2H3,(H,19,21)(H,20,24)(H,22,23). The fourth-order valence-corrected chi connectivity index (χ4v) is 2.28. The van der Waals surface area contributed by atoms with Crippen molar-refractivity contribution in [2.75, 3.05) is 0 Å². The second-order valence-electron chi connectivity index (χ2n) is 5.74. The minimum absolute atomic E-state index is 0.0979. The zero-order valence-corrected chi connectivity index (χ0v) is 14.7. The van der Waals surface area contributed by atoms with Crippen molar-refractivity contribution < 1.29 is 24.2 Å². The number of benzene rings is 1. The molecular weight excluding hydrogens is 324 g/mol. The summed E-state index contributed by atoms with van der Waals surface area (Å²) in [4.78, 5) is 35.4. The van der Waals surface area contributed by atoms with Crippen LogP contribution in [-0.2, 0) is 20.9 Å². The van der Waals surface area contributed by atoms with Gasteiger partial charge in [-0.3, -0.25) is 4.79 Å². The lowest BCUT2D eigenvalue weighted by Crippen LogP contribution is -2.51. The molecule has 2 amide bonds. The highest BCUT2D eigenvalue weighted by atomic mass is 16.5. The van der Waals surface area contributed by atoms with E-state index >= 15 is 0 Å². The number of nitrogens with one attached hydrogen (secondary N) is 2. The first-order valence-corrected chi connectivity index (χ1v) is 8.48. The highest BCUT2D eigenvalue weighted by Gasteiger charge is 2.25. The fraction of sp³-hybridized carbons (Fsp3) is 0.500. The summed E-state index contributed by atoms with van der Waals surface area (Å²) < 4.78 is 5.11. The van der Waals surface area contributed by atoms with Gasteiger partial charge < -0.3 is 20.5 Å². The van der Waals surface area contributed by atoms with Crippen LogP contribution < -0.4 is 10.6 Å². The number of hydrogen-bond donors (Lipinski definition) is 3. The maximum Gasteiger partial charge on any atom is 0.408 e. The van der Waals surface area contributed by atoms with Gasteiger partial charge in [-0.25, -0.2) is 9.59 Å². The Morgan fingerprint density at radius 3 is 2.16 bits per heavy atom.